The van der Waals surface area contributed by atoms with Gasteiger partial charge in [-0.05, 0) is 12.5 Å². The zero-order chi connectivity index (χ0) is 12.8. The van der Waals surface area contributed by atoms with E-state index in [4.69, 9.17) is 0 Å². The Balaban J connectivity index is 2.42. The quantitative estimate of drug-likeness (QED) is 0.617. The topological polar surface area (TPSA) is 85.1 Å². The van der Waals surface area contributed by atoms with Crippen LogP contribution in [-0.2, 0) is 10.8 Å². The Morgan fingerprint density at radius 2 is 2.29 bits per heavy atom. The third-order valence-corrected chi connectivity index (χ3v) is 3.75. The molecule has 17 heavy (non-hydrogen) atoms. The van der Waals surface area contributed by atoms with Crippen molar-refractivity contribution in [3.8, 4) is 0 Å². The van der Waals surface area contributed by atoms with Gasteiger partial charge in [-0.2, -0.15) is 0 Å². The number of anilines is 1. The first kappa shape index (κ1) is 13.6. The Morgan fingerprint density at radius 3 is 2.76 bits per heavy atom. The summed E-state index contributed by atoms with van der Waals surface area (Å²) in [4.78, 5) is 13.8. The maximum absolute atomic E-state index is 11.1. The van der Waals surface area contributed by atoms with Crippen LogP contribution in [0.2, 0.25) is 0 Å². The van der Waals surface area contributed by atoms with Crippen molar-refractivity contribution in [1.29, 1.82) is 0 Å². The van der Waals surface area contributed by atoms with Gasteiger partial charge in [-0.1, -0.05) is 6.92 Å². The minimum atomic E-state index is -0.828. The highest BCUT2D eigenvalue weighted by molar-refractivity contribution is 7.84. The lowest BCUT2D eigenvalue weighted by molar-refractivity contribution is -0.385. The molecule has 0 radical (unpaired) electrons. The molecule has 0 amide bonds. The van der Waals surface area contributed by atoms with Crippen molar-refractivity contribution in [2.24, 2.45) is 0 Å². The number of nitrogens with zero attached hydrogens (tertiary/aromatic N) is 2. The first-order valence-corrected chi connectivity index (χ1v) is 6.79. The molecule has 1 aromatic heterocycles. The second-order valence-corrected chi connectivity index (χ2v) is 5.49. The van der Waals surface area contributed by atoms with E-state index >= 15 is 0 Å². The zero-order valence-corrected chi connectivity index (χ0v) is 10.6. The zero-order valence-electron chi connectivity index (χ0n) is 9.75. The molecular weight excluding hydrogens is 242 g/mol. The Morgan fingerprint density at radius 1 is 1.59 bits per heavy atom. The monoisotopic (exact) mass is 257 g/mol. The SMILES string of the molecule is CC(CCNc1ccc([N+](=O)[O-])cn1)S(C)=O. The molecule has 6 nitrogen and oxygen atoms in total. The Hall–Kier alpha value is -1.50. The van der Waals surface area contributed by atoms with Crippen LogP contribution >= 0.6 is 0 Å². The van der Waals surface area contributed by atoms with Gasteiger partial charge >= 0.3 is 0 Å². The summed E-state index contributed by atoms with van der Waals surface area (Å²) in [5.74, 6) is 0.588. The lowest BCUT2D eigenvalue weighted by Gasteiger charge is -2.09. The molecule has 0 fully saturated rings. The number of nitro groups is 1. The van der Waals surface area contributed by atoms with E-state index in [1.807, 2.05) is 6.92 Å². The molecule has 0 saturated heterocycles. The standard InChI is InChI=1S/C10H15N3O3S/c1-8(17(2)16)5-6-11-10-4-3-9(7-12-10)13(14)15/h3-4,7-8H,5-6H2,1-2H3,(H,11,12). The molecule has 2 atom stereocenters. The van der Waals surface area contributed by atoms with Crippen molar-refractivity contribution in [1.82, 2.24) is 4.98 Å². The smallest absolute Gasteiger partial charge is 0.287 e. The van der Waals surface area contributed by atoms with Crippen molar-refractivity contribution in [3.63, 3.8) is 0 Å². The molecule has 0 bridgehead atoms. The van der Waals surface area contributed by atoms with Gasteiger partial charge in [-0.25, -0.2) is 4.98 Å². The Kier molecular flexibility index (Phi) is 5.02. The number of aromatic nitrogens is 1. The fourth-order valence-electron chi connectivity index (χ4n) is 1.17. The minimum absolute atomic E-state index is 0.0291. The largest absolute Gasteiger partial charge is 0.370 e. The van der Waals surface area contributed by atoms with Gasteiger partial charge in [0.05, 0.1) is 4.92 Å². The highest BCUT2D eigenvalue weighted by Gasteiger charge is 2.07. The predicted octanol–water partition coefficient (Wildman–Crippen LogP) is 1.56. The summed E-state index contributed by atoms with van der Waals surface area (Å²) in [6.07, 6.45) is 3.65. The number of pyridine rings is 1. The number of rotatable bonds is 6. The van der Waals surface area contributed by atoms with Gasteiger partial charge in [0.1, 0.15) is 12.0 Å². The third kappa shape index (κ3) is 4.48. The van der Waals surface area contributed by atoms with E-state index in [-0.39, 0.29) is 10.9 Å². The van der Waals surface area contributed by atoms with Crippen LogP contribution in [0.15, 0.2) is 18.3 Å². The van der Waals surface area contributed by atoms with Gasteiger partial charge in [0.2, 0.25) is 0 Å². The van der Waals surface area contributed by atoms with E-state index in [1.165, 1.54) is 12.3 Å². The normalized spacial score (nSPS) is 14.0. The van der Waals surface area contributed by atoms with Gasteiger partial charge < -0.3 is 5.32 Å². The van der Waals surface area contributed by atoms with Crippen LogP contribution in [0, 0.1) is 10.1 Å². The molecule has 94 valence electrons. The summed E-state index contributed by atoms with van der Waals surface area (Å²) in [7, 11) is -0.828. The highest BCUT2D eigenvalue weighted by Crippen LogP contribution is 2.11. The second kappa shape index (κ2) is 6.29. The average Bonchev–Trinajstić information content (AvgIpc) is 2.29. The maximum Gasteiger partial charge on any atom is 0.287 e. The fraction of sp³-hybridized carbons (Fsp3) is 0.500. The molecular formula is C10H15N3O3S. The molecule has 0 aromatic carbocycles. The van der Waals surface area contributed by atoms with Crippen LogP contribution in [0.25, 0.3) is 0 Å². The molecule has 1 aromatic rings. The van der Waals surface area contributed by atoms with Crippen LogP contribution < -0.4 is 5.32 Å². The number of hydrogen-bond donors (Lipinski definition) is 1. The number of nitrogens with one attached hydrogen (secondary N) is 1. The summed E-state index contributed by atoms with van der Waals surface area (Å²) in [6, 6.07) is 2.96. The van der Waals surface area contributed by atoms with Crippen molar-refractivity contribution in [3.05, 3.63) is 28.4 Å². The highest BCUT2D eigenvalue weighted by atomic mass is 32.2. The van der Waals surface area contributed by atoms with E-state index in [0.717, 1.165) is 6.42 Å². The summed E-state index contributed by atoms with van der Waals surface area (Å²) >= 11 is 0. The predicted molar refractivity (Wildman–Crippen MR) is 67.5 cm³/mol. The van der Waals surface area contributed by atoms with Gasteiger partial charge in [0, 0.05) is 34.9 Å². The van der Waals surface area contributed by atoms with Crippen LogP contribution in [-0.4, -0.2) is 32.2 Å². The van der Waals surface area contributed by atoms with E-state index in [9.17, 15) is 14.3 Å². The Labute approximate surface area is 102 Å². The molecule has 1 heterocycles. The van der Waals surface area contributed by atoms with Crippen molar-refractivity contribution < 1.29 is 9.13 Å². The lowest BCUT2D eigenvalue weighted by atomic mass is 10.3. The second-order valence-electron chi connectivity index (χ2n) is 3.68. The van der Waals surface area contributed by atoms with Gasteiger partial charge in [-0.15, -0.1) is 0 Å². The van der Waals surface area contributed by atoms with E-state index in [2.05, 4.69) is 10.3 Å². The van der Waals surface area contributed by atoms with Crippen LogP contribution in [0.1, 0.15) is 13.3 Å². The van der Waals surface area contributed by atoms with Crippen molar-refractivity contribution in [2.75, 3.05) is 18.1 Å². The minimum Gasteiger partial charge on any atom is -0.370 e. The average molecular weight is 257 g/mol. The van der Waals surface area contributed by atoms with Crippen molar-refractivity contribution in [2.45, 2.75) is 18.6 Å². The molecule has 7 heteroatoms. The molecule has 0 aliphatic carbocycles. The summed E-state index contributed by atoms with van der Waals surface area (Å²) in [6.45, 7) is 2.56. The molecule has 0 aliphatic rings. The van der Waals surface area contributed by atoms with Crippen LogP contribution in [0.4, 0.5) is 11.5 Å². The Bertz CT molecular complexity index is 408. The number of hydrogen-bond acceptors (Lipinski definition) is 5. The van der Waals surface area contributed by atoms with Gasteiger partial charge in [0.25, 0.3) is 5.69 Å². The maximum atomic E-state index is 11.1. The van der Waals surface area contributed by atoms with E-state index in [0.29, 0.717) is 12.4 Å². The molecule has 1 N–H and O–H groups in total. The molecule has 0 spiro atoms. The van der Waals surface area contributed by atoms with Gasteiger partial charge in [0.15, 0.2) is 0 Å². The summed E-state index contributed by atoms with van der Waals surface area (Å²) in [5.41, 5.74) is -0.0291. The first-order valence-electron chi connectivity index (χ1n) is 5.17. The van der Waals surface area contributed by atoms with Crippen molar-refractivity contribution >= 4 is 22.3 Å². The van der Waals surface area contributed by atoms with E-state index in [1.54, 1.807) is 12.3 Å². The fourth-order valence-corrected chi connectivity index (χ4v) is 1.62. The van der Waals surface area contributed by atoms with Gasteiger partial charge in [-0.3, -0.25) is 14.3 Å². The lowest BCUT2D eigenvalue weighted by Crippen LogP contribution is -2.15. The molecule has 0 saturated carbocycles. The first-order chi connectivity index (χ1) is 8.00. The molecule has 1 rings (SSSR count). The third-order valence-electron chi connectivity index (χ3n) is 2.38. The van der Waals surface area contributed by atoms with Crippen LogP contribution in [0.3, 0.4) is 0 Å². The summed E-state index contributed by atoms with van der Waals surface area (Å²) in [5, 5.41) is 13.6. The van der Waals surface area contributed by atoms with E-state index < -0.39 is 15.7 Å². The molecule has 2 unspecified atom stereocenters. The summed E-state index contributed by atoms with van der Waals surface area (Å²) < 4.78 is 11.1. The van der Waals surface area contributed by atoms with Crippen LogP contribution in [0.5, 0.6) is 0 Å². The molecule has 0 aliphatic heterocycles.